The van der Waals surface area contributed by atoms with Crippen LogP contribution in [0.2, 0.25) is 0 Å². The maximum Gasteiger partial charge on any atom is 0.317 e. The molecule has 6 nitrogen and oxygen atoms in total. The number of carbonyl (C=O) groups excluding carboxylic acids is 2. The molecule has 26 heavy (non-hydrogen) atoms. The minimum Gasteiger partial charge on any atom is -0.338 e. The van der Waals surface area contributed by atoms with E-state index in [9.17, 15) is 9.59 Å². The van der Waals surface area contributed by atoms with Crippen LogP contribution in [0.4, 0.5) is 4.79 Å². The zero-order valence-corrected chi connectivity index (χ0v) is 15.4. The molecule has 1 aliphatic heterocycles. The maximum atomic E-state index is 12.6. The number of amides is 2. The number of benzene rings is 1. The average Bonchev–Trinajstić information content (AvgIpc) is 3.08. The third kappa shape index (κ3) is 4.31. The Bertz CT molecular complexity index is 766. The first kappa shape index (κ1) is 18.2. The van der Waals surface area contributed by atoms with Gasteiger partial charge in [-0.25, -0.2) is 9.78 Å². The normalized spacial score (nSPS) is 17.2. The zero-order valence-electron chi connectivity index (χ0n) is 15.4. The van der Waals surface area contributed by atoms with Gasteiger partial charge in [0.15, 0.2) is 5.82 Å². The van der Waals surface area contributed by atoms with Gasteiger partial charge in [0.25, 0.3) is 0 Å². The lowest BCUT2D eigenvalue weighted by Crippen LogP contribution is -2.47. The second-order valence-electron chi connectivity index (χ2n) is 6.98. The van der Waals surface area contributed by atoms with Crippen molar-refractivity contribution in [3.63, 3.8) is 0 Å². The van der Waals surface area contributed by atoms with Crippen LogP contribution in [-0.2, 0) is 13.5 Å². The fourth-order valence-corrected chi connectivity index (χ4v) is 3.34. The van der Waals surface area contributed by atoms with Crippen molar-refractivity contribution in [1.29, 1.82) is 0 Å². The van der Waals surface area contributed by atoms with Gasteiger partial charge in [-0.3, -0.25) is 4.79 Å². The number of Topliss-reactive ketones (excluding diaryl/α,β-unsaturated/α-hetero) is 1. The molecule has 0 spiro atoms. The van der Waals surface area contributed by atoms with Gasteiger partial charge in [0.1, 0.15) is 0 Å². The molecule has 0 aliphatic carbocycles. The summed E-state index contributed by atoms with van der Waals surface area (Å²) in [7, 11) is 1.82. The van der Waals surface area contributed by atoms with Crippen LogP contribution in [-0.4, -0.2) is 45.9 Å². The lowest BCUT2D eigenvalue weighted by Gasteiger charge is -2.31. The highest BCUT2D eigenvalue weighted by Crippen LogP contribution is 2.20. The Balaban J connectivity index is 1.50. The Morgan fingerprint density at radius 2 is 2.04 bits per heavy atom. The molecule has 0 unspecified atom stereocenters. The fraction of sp³-hybridized carbons (Fsp3) is 0.450. The van der Waals surface area contributed by atoms with Gasteiger partial charge in [0.05, 0.1) is 0 Å². The molecule has 6 heteroatoms. The summed E-state index contributed by atoms with van der Waals surface area (Å²) in [5.74, 6) is 0.319. The van der Waals surface area contributed by atoms with Crippen LogP contribution in [0.5, 0.6) is 0 Å². The van der Waals surface area contributed by atoms with E-state index in [1.165, 1.54) is 11.1 Å². The van der Waals surface area contributed by atoms with E-state index in [4.69, 9.17) is 0 Å². The lowest BCUT2D eigenvalue weighted by atomic mass is 9.93. The van der Waals surface area contributed by atoms with Crippen molar-refractivity contribution < 1.29 is 9.59 Å². The van der Waals surface area contributed by atoms with Crippen LogP contribution in [0.3, 0.4) is 0 Å². The summed E-state index contributed by atoms with van der Waals surface area (Å²) in [6, 6.07) is 8.24. The average molecular weight is 354 g/mol. The molecule has 3 rings (SSSR count). The van der Waals surface area contributed by atoms with Gasteiger partial charge in [-0.1, -0.05) is 29.8 Å². The number of nitrogens with zero attached hydrogens (tertiary/aromatic N) is 3. The van der Waals surface area contributed by atoms with Crippen molar-refractivity contribution in [3.05, 3.63) is 53.6 Å². The van der Waals surface area contributed by atoms with Crippen LogP contribution < -0.4 is 5.32 Å². The topological polar surface area (TPSA) is 67.2 Å². The summed E-state index contributed by atoms with van der Waals surface area (Å²) in [5, 5.41) is 2.98. The van der Waals surface area contributed by atoms with E-state index in [0.717, 1.165) is 19.3 Å². The van der Waals surface area contributed by atoms with Crippen LogP contribution in [0.1, 0.15) is 34.6 Å². The van der Waals surface area contributed by atoms with E-state index in [1.54, 1.807) is 21.9 Å². The molecule has 1 aromatic heterocycles. The van der Waals surface area contributed by atoms with E-state index in [0.29, 0.717) is 25.5 Å². The number of ketones is 1. The number of nitrogens with one attached hydrogen (secondary N) is 1. The Morgan fingerprint density at radius 3 is 2.73 bits per heavy atom. The first-order valence-electron chi connectivity index (χ1n) is 9.14. The molecule has 1 atom stereocenters. The van der Waals surface area contributed by atoms with E-state index < -0.39 is 0 Å². The Kier molecular flexibility index (Phi) is 5.71. The first-order chi connectivity index (χ1) is 12.5. The zero-order chi connectivity index (χ0) is 18.5. The largest absolute Gasteiger partial charge is 0.338 e. The highest BCUT2D eigenvalue weighted by atomic mass is 16.2. The Labute approximate surface area is 154 Å². The molecule has 1 N–H and O–H groups in total. The molecule has 138 valence electrons. The highest BCUT2D eigenvalue weighted by Gasteiger charge is 2.30. The van der Waals surface area contributed by atoms with Crippen LogP contribution in [0.25, 0.3) is 0 Å². The Hall–Kier alpha value is -2.63. The van der Waals surface area contributed by atoms with E-state index in [2.05, 4.69) is 41.5 Å². The minimum atomic E-state index is -0.173. The van der Waals surface area contributed by atoms with Gasteiger partial charge < -0.3 is 14.8 Å². The molecule has 1 aliphatic rings. The molecular weight excluding hydrogens is 328 g/mol. The first-order valence-corrected chi connectivity index (χ1v) is 9.14. The predicted octanol–water partition coefficient (Wildman–Crippen LogP) is 2.58. The smallest absolute Gasteiger partial charge is 0.317 e. The van der Waals surface area contributed by atoms with Crippen LogP contribution >= 0.6 is 0 Å². The van der Waals surface area contributed by atoms with Gasteiger partial charge in [-0.2, -0.15) is 0 Å². The second-order valence-corrected chi connectivity index (χ2v) is 6.98. The summed E-state index contributed by atoms with van der Waals surface area (Å²) < 4.78 is 1.74. The molecule has 0 radical (unpaired) electrons. The quantitative estimate of drug-likeness (QED) is 0.839. The number of carbonyl (C=O) groups is 2. The second kappa shape index (κ2) is 8.17. The summed E-state index contributed by atoms with van der Waals surface area (Å²) in [6.07, 6.45) is 5.85. The van der Waals surface area contributed by atoms with Crippen molar-refractivity contribution in [1.82, 2.24) is 19.8 Å². The van der Waals surface area contributed by atoms with Gasteiger partial charge >= 0.3 is 6.03 Å². The number of imidazole rings is 1. The fourth-order valence-electron chi connectivity index (χ4n) is 3.34. The lowest BCUT2D eigenvalue weighted by molar-refractivity contribution is 0.0832. The van der Waals surface area contributed by atoms with Crippen LogP contribution in [0, 0.1) is 12.8 Å². The SMILES string of the molecule is Cc1ccc(CCNC(=O)N2CCC[C@@H](C(=O)c3nccn3C)C2)cc1. The van der Waals surface area contributed by atoms with E-state index >= 15 is 0 Å². The number of rotatable bonds is 5. The number of likely N-dealkylation sites (tertiary alicyclic amines) is 1. The molecule has 2 heterocycles. The molecule has 1 fully saturated rings. The molecule has 1 aromatic carbocycles. The number of urea groups is 1. The molecule has 2 aromatic rings. The van der Waals surface area contributed by atoms with Gasteiger partial charge in [0.2, 0.25) is 5.78 Å². The number of aromatic nitrogens is 2. The number of hydrogen-bond acceptors (Lipinski definition) is 3. The van der Waals surface area contributed by atoms with Gasteiger partial charge in [0, 0.05) is 45.0 Å². The molecule has 1 saturated heterocycles. The van der Waals surface area contributed by atoms with E-state index in [-0.39, 0.29) is 17.7 Å². The van der Waals surface area contributed by atoms with Gasteiger partial charge in [-0.05, 0) is 31.7 Å². The highest BCUT2D eigenvalue weighted by molar-refractivity contribution is 5.95. The van der Waals surface area contributed by atoms with E-state index in [1.807, 2.05) is 7.05 Å². The maximum absolute atomic E-state index is 12.6. The monoisotopic (exact) mass is 354 g/mol. The minimum absolute atomic E-state index is 0.0228. The van der Waals surface area contributed by atoms with Crippen molar-refractivity contribution in [3.8, 4) is 0 Å². The predicted molar refractivity (Wildman–Crippen MR) is 100 cm³/mol. The molecular formula is C20H26N4O2. The third-order valence-corrected chi connectivity index (χ3v) is 4.93. The number of hydrogen-bond donors (Lipinski definition) is 1. The number of piperidine rings is 1. The van der Waals surface area contributed by atoms with Crippen molar-refractivity contribution in [2.45, 2.75) is 26.2 Å². The standard InChI is InChI=1S/C20H26N4O2/c1-15-5-7-16(8-6-15)9-10-22-20(26)24-12-3-4-17(14-24)18(25)19-21-11-13-23(19)2/h5-8,11,13,17H,3-4,9-10,12,14H2,1-2H3,(H,22,26)/t17-/m1/s1. The third-order valence-electron chi connectivity index (χ3n) is 4.93. The Morgan fingerprint density at radius 1 is 1.27 bits per heavy atom. The summed E-state index contributed by atoms with van der Waals surface area (Å²) in [5.41, 5.74) is 2.44. The van der Waals surface area contributed by atoms with Crippen molar-refractivity contribution in [2.75, 3.05) is 19.6 Å². The van der Waals surface area contributed by atoms with Crippen molar-refractivity contribution >= 4 is 11.8 Å². The number of aryl methyl sites for hydroxylation is 2. The molecule has 0 bridgehead atoms. The summed E-state index contributed by atoms with van der Waals surface area (Å²) >= 11 is 0. The summed E-state index contributed by atoms with van der Waals surface area (Å²) in [4.78, 5) is 31.0. The molecule has 0 saturated carbocycles. The van der Waals surface area contributed by atoms with Crippen molar-refractivity contribution in [2.24, 2.45) is 13.0 Å². The summed E-state index contributed by atoms with van der Waals surface area (Å²) in [6.45, 7) is 3.81. The molecule has 2 amide bonds. The van der Waals surface area contributed by atoms with Crippen LogP contribution in [0.15, 0.2) is 36.7 Å². The van der Waals surface area contributed by atoms with Gasteiger partial charge in [-0.15, -0.1) is 0 Å².